The summed E-state index contributed by atoms with van der Waals surface area (Å²) in [6.45, 7) is 2.95. The van der Waals surface area contributed by atoms with E-state index in [0.29, 0.717) is 12.2 Å². The van der Waals surface area contributed by atoms with Crippen molar-refractivity contribution in [2.45, 2.75) is 30.7 Å². The van der Waals surface area contributed by atoms with Crippen molar-refractivity contribution in [1.82, 2.24) is 4.72 Å². The number of nitrogens with zero attached hydrogens (tertiary/aromatic N) is 1. The van der Waals surface area contributed by atoms with Crippen molar-refractivity contribution in [2.24, 2.45) is 0 Å². The van der Waals surface area contributed by atoms with Crippen LogP contribution in [-0.4, -0.2) is 39.3 Å². The van der Waals surface area contributed by atoms with Gasteiger partial charge in [-0.05, 0) is 25.0 Å². The number of aliphatic hydroxyl groups is 1. The van der Waals surface area contributed by atoms with Gasteiger partial charge in [0.05, 0.1) is 18.3 Å². The van der Waals surface area contributed by atoms with Gasteiger partial charge in [0.1, 0.15) is 4.90 Å². The van der Waals surface area contributed by atoms with Crippen molar-refractivity contribution >= 4 is 15.7 Å². The standard InChI is InChI=1S/C13H20N2O3S/c1-2-14-19(17,18)13-8-4-3-7-12(13)15-9-5-6-11(15)10-16/h3-4,7-8,11,14,16H,2,5-6,9-10H2,1H3. The van der Waals surface area contributed by atoms with E-state index in [1.54, 1.807) is 25.1 Å². The number of sulfonamides is 1. The van der Waals surface area contributed by atoms with Crippen molar-refractivity contribution in [3.05, 3.63) is 24.3 Å². The van der Waals surface area contributed by atoms with Gasteiger partial charge >= 0.3 is 0 Å². The average molecular weight is 284 g/mol. The van der Waals surface area contributed by atoms with Crippen LogP contribution in [-0.2, 0) is 10.0 Å². The topological polar surface area (TPSA) is 69.6 Å². The summed E-state index contributed by atoms with van der Waals surface area (Å²) in [5, 5.41) is 9.39. The molecule has 1 aromatic carbocycles. The summed E-state index contributed by atoms with van der Waals surface area (Å²) in [5.41, 5.74) is 0.681. The predicted octanol–water partition coefficient (Wildman–Crippen LogP) is 0.946. The molecule has 1 aliphatic heterocycles. The van der Waals surface area contributed by atoms with Crippen molar-refractivity contribution in [2.75, 3.05) is 24.6 Å². The zero-order valence-corrected chi connectivity index (χ0v) is 11.9. The lowest BCUT2D eigenvalue weighted by atomic mass is 10.2. The first-order chi connectivity index (χ1) is 9.10. The van der Waals surface area contributed by atoms with Gasteiger partial charge in [0.2, 0.25) is 10.0 Å². The fourth-order valence-corrected chi connectivity index (χ4v) is 3.79. The number of rotatable bonds is 5. The summed E-state index contributed by atoms with van der Waals surface area (Å²) >= 11 is 0. The molecule has 2 rings (SSSR count). The quantitative estimate of drug-likeness (QED) is 0.844. The Morgan fingerprint density at radius 1 is 1.42 bits per heavy atom. The van der Waals surface area contributed by atoms with Gasteiger partial charge in [0.15, 0.2) is 0 Å². The number of anilines is 1. The lowest BCUT2D eigenvalue weighted by molar-refractivity contribution is 0.266. The number of aliphatic hydroxyl groups excluding tert-OH is 1. The highest BCUT2D eigenvalue weighted by molar-refractivity contribution is 7.89. The fourth-order valence-electron chi connectivity index (χ4n) is 2.53. The van der Waals surface area contributed by atoms with Crippen LogP contribution in [0.1, 0.15) is 19.8 Å². The summed E-state index contributed by atoms with van der Waals surface area (Å²) < 4.78 is 26.9. The number of hydrogen-bond donors (Lipinski definition) is 2. The molecule has 0 saturated carbocycles. The highest BCUT2D eigenvalue weighted by Crippen LogP contribution is 2.31. The van der Waals surface area contributed by atoms with Crippen LogP contribution in [0.3, 0.4) is 0 Å². The van der Waals surface area contributed by atoms with Crippen LogP contribution in [0.2, 0.25) is 0 Å². The van der Waals surface area contributed by atoms with E-state index in [0.717, 1.165) is 19.4 Å². The van der Waals surface area contributed by atoms with Crippen LogP contribution < -0.4 is 9.62 Å². The summed E-state index contributed by atoms with van der Waals surface area (Å²) in [6, 6.07) is 6.97. The lowest BCUT2D eigenvalue weighted by Crippen LogP contribution is -2.34. The Morgan fingerprint density at radius 2 is 2.16 bits per heavy atom. The third-order valence-corrected chi connectivity index (χ3v) is 4.98. The molecule has 2 N–H and O–H groups in total. The second kappa shape index (κ2) is 5.90. The van der Waals surface area contributed by atoms with Crippen molar-refractivity contribution < 1.29 is 13.5 Å². The molecule has 1 aromatic rings. The minimum Gasteiger partial charge on any atom is -0.394 e. The van der Waals surface area contributed by atoms with Crippen LogP contribution in [0.15, 0.2) is 29.2 Å². The van der Waals surface area contributed by atoms with Crippen molar-refractivity contribution in [3.63, 3.8) is 0 Å². The number of nitrogens with one attached hydrogen (secondary N) is 1. The zero-order chi connectivity index (χ0) is 13.9. The Bertz CT molecular complexity index is 530. The molecule has 0 bridgehead atoms. The minimum atomic E-state index is -3.48. The van der Waals surface area contributed by atoms with E-state index in [-0.39, 0.29) is 17.5 Å². The molecule has 1 aliphatic rings. The number of para-hydroxylation sites is 1. The van der Waals surface area contributed by atoms with E-state index in [2.05, 4.69) is 4.72 Å². The van der Waals surface area contributed by atoms with Gasteiger partial charge in [-0.1, -0.05) is 19.1 Å². The molecule has 1 unspecified atom stereocenters. The van der Waals surface area contributed by atoms with Crippen LogP contribution >= 0.6 is 0 Å². The van der Waals surface area contributed by atoms with Crippen molar-refractivity contribution in [1.29, 1.82) is 0 Å². The van der Waals surface area contributed by atoms with E-state index in [9.17, 15) is 13.5 Å². The SMILES string of the molecule is CCNS(=O)(=O)c1ccccc1N1CCCC1CO. The van der Waals surface area contributed by atoms with Gasteiger partial charge in [-0.25, -0.2) is 13.1 Å². The second-order valence-corrected chi connectivity index (χ2v) is 6.38. The van der Waals surface area contributed by atoms with E-state index < -0.39 is 10.0 Å². The van der Waals surface area contributed by atoms with Gasteiger partial charge in [-0.15, -0.1) is 0 Å². The van der Waals surface area contributed by atoms with Gasteiger partial charge in [0.25, 0.3) is 0 Å². The number of benzene rings is 1. The molecular weight excluding hydrogens is 264 g/mol. The highest BCUT2D eigenvalue weighted by atomic mass is 32.2. The highest BCUT2D eigenvalue weighted by Gasteiger charge is 2.28. The molecule has 0 amide bonds. The molecule has 6 heteroatoms. The molecule has 5 nitrogen and oxygen atoms in total. The smallest absolute Gasteiger partial charge is 0.242 e. The summed E-state index contributed by atoms with van der Waals surface area (Å²) in [6.07, 6.45) is 1.87. The molecule has 1 saturated heterocycles. The molecule has 1 heterocycles. The van der Waals surface area contributed by atoms with Gasteiger partial charge in [-0.2, -0.15) is 0 Å². The van der Waals surface area contributed by atoms with Crippen LogP contribution in [0.5, 0.6) is 0 Å². The molecule has 0 radical (unpaired) electrons. The Kier molecular flexibility index (Phi) is 4.44. The van der Waals surface area contributed by atoms with Crippen LogP contribution in [0.25, 0.3) is 0 Å². The predicted molar refractivity (Wildman–Crippen MR) is 74.8 cm³/mol. The van der Waals surface area contributed by atoms with E-state index in [4.69, 9.17) is 0 Å². The Morgan fingerprint density at radius 3 is 2.84 bits per heavy atom. The van der Waals surface area contributed by atoms with Gasteiger partial charge in [-0.3, -0.25) is 0 Å². The Balaban J connectivity index is 2.42. The molecule has 0 spiro atoms. The summed E-state index contributed by atoms with van der Waals surface area (Å²) in [4.78, 5) is 2.28. The molecular formula is C13H20N2O3S. The van der Waals surface area contributed by atoms with Gasteiger partial charge < -0.3 is 10.0 Å². The average Bonchev–Trinajstić information content (AvgIpc) is 2.87. The van der Waals surface area contributed by atoms with E-state index in [1.807, 2.05) is 11.0 Å². The zero-order valence-electron chi connectivity index (χ0n) is 11.0. The molecule has 1 fully saturated rings. The van der Waals surface area contributed by atoms with Gasteiger partial charge in [0, 0.05) is 13.1 Å². The first-order valence-corrected chi connectivity index (χ1v) is 8.04. The third kappa shape index (κ3) is 2.91. The molecule has 0 aliphatic carbocycles. The molecule has 106 valence electrons. The fraction of sp³-hybridized carbons (Fsp3) is 0.538. The molecule has 0 aromatic heterocycles. The maximum absolute atomic E-state index is 12.2. The largest absolute Gasteiger partial charge is 0.394 e. The normalized spacial score (nSPS) is 19.9. The summed E-state index contributed by atoms with van der Waals surface area (Å²) in [5.74, 6) is 0. The second-order valence-electron chi connectivity index (χ2n) is 4.64. The maximum Gasteiger partial charge on any atom is 0.242 e. The number of hydrogen-bond acceptors (Lipinski definition) is 4. The minimum absolute atomic E-state index is 0.0120. The Labute approximate surface area is 114 Å². The maximum atomic E-state index is 12.2. The Hall–Kier alpha value is -1.11. The van der Waals surface area contributed by atoms with E-state index in [1.165, 1.54) is 0 Å². The lowest BCUT2D eigenvalue weighted by Gasteiger charge is -2.27. The van der Waals surface area contributed by atoms with E-state index >= 15 is 0 Å². The molecule has 1 atom stereocenters. The van der Waals surface area contributed by atoms with Crippen LogP contribution in [0, 0.1) is 0 Å². The van der Waals surface area contributed by atoms with Crippen LogP contribution in [0.4, 0.5) is 5.69 Å². The first kappa shape index (κ1) is 14.3. The monoisotopic (exact) mass is 284 g/mol. The third-order valence-electron chi connectivity index (χ3n) is 3.39. The first-order valence-electron chi connectivity index (χ1n) is 6.56. The summed E-state index contributed by atoms with van der Waals surface area (Å²) in [7, 11) is -3.48. The molecule has 19 heavy (non-hydrogen) atoms. The van der Waals surface area contributed by atoms with Crippen molar-refractivity contribution in [3.8, 4) is 0 Å².